The number of carbonyl (C=O) groups excluding carboxylic acids is 2. The van der Waals surface area contributed by atoms with Crippen molar-refractivity contribution < 1.29 is 19.1 Å². The zero-order chi connectivity index (χ0) is 19.9. The minimum Gasteiger partial charge on any atom is -0.457 e. The van der Waals surface area contributed by atoms with Crippen molar-refractivity contribution in [3.05, 3.63) is 83.4 Å². The first-order valence-electron chi connectivity index (χ1n) is 8.36. The minimum absolute atomic E-state index is 0.152. The number of rotatable bonds is 6. The van der Waals surface area contributed by atoms with Gasteiger partial charge in [-0.15, -0.1) is 0 Å². The summed E-state index contributed by atoms with van der Waals surface area (Å²) in [6, 6.07) is 20.6. The van der Waals surface area contributed by atoms with Crippen molar-refractivity contribution in [2.75, 3.05) is 17.7 Å². The largest absolute Gasteiger partial charge is 0.457 e. The van der Waals surface area contributed by atoms with Gasteiger partial charge in [0.1, 0.15) is 11.5 Å². The van der Waals surface area contributed by atoms with Gasteiger partial charge in [0.2, 0.25) is 0 Å². The van der Waals surface area contributed by atoms with E-state index in [1.165, 1.54) is 18.2 Å². The molecule has 3 rings (SSSR count). The van der Waals surface area contributed by atoms with Gasteiger partial charge in [0.05, 0.1) is 5.56 Å². The maximum atomic E-state index is 12.0. The summed E-state index contributed by atoms with van der Waals surface area (Å²) in [6.07, 6.45) is 0. The highest BCUT2D eigenvalue weighted by Gasteiger charge is 2.13. The van der Waals surface area contributed by atoms with Crippen LogP contribution in [0.2, 0.25) is 5.02 Å². The van der Waals surface area contributed by atoms with E-state index in [1.54, 1.807) is 24.3 Å². The van der Waals surface area contributed by atoms with Crippen LogP contribution in [-0.2, 0) is 9.53 Å². The molecular formula is C21H17ClN2O4. The topological polar surface area (TPSA) is 90.7 Å². The number of hydrogen-bond acceptors (Lipinski definition) is 5. The summed E-state index contributed by atoms with van der Waals surface area (Å²) < 4.78 is 10.7. The molecule has 0 aliphatic heterocycles. The Hall–Kier alpha value is -3.51. The van der Waals surface area contributed by atoms with Gasteiger partial charge in [0.25, 0.3) is 5.91 Å². The Bertz CT molecular complexity index is 975. The first-order valence-corrected chi connectivity index (χ1v) is 8.74. The third kappa shape index (κ3) is 5.25. The van der Waals surface area contributed by atoms with E-state index in [-0.39, 0.29) is 11.3 Å². The van der Waals surface area contributed by atoms with Crippen LogP contribution < -0.4 is 15.8 Å². The summed E-state index contributed by atoms with van der Waals surface area (Å²) in [7, 11) is 0. The lowest BCUT2D eigenvalue weighted by Crippen LogP contribution is -2.21. The molecule has 6 nitrogen and oxygen atoms in total. The Balaban J connectivity index is 1.51. The number of nitrogen functional groups attached to an aromatic ring is 1. The maximum absolute atomic E-state index is 12.0. The Morgan fingerprint density at radius 1 is 0.929 bits per heavy atom. The van der Waals surface area contributed by atoms with Crippen LogP contribution in [0, 0.1) is 0 Å². The van der Waals surface area contributed by atoms with E-state index in [0.29, 0.717) is 22.2 Å². The lowest BCUT2D eigenvalue weighted by atomic mass is 10.2. The van der Waals surface area contributed by atoms with E-state index in [1.807, 2.05) is 30.3 Å². The van der Waals surface area contributed by atoms with Crippen molar-refractivity contribution in [1.29, 1.82) is 0 Å². The van der Waals surface area contributed by atoms with Crippen molar-refractivity contribution in [1.82, 2.24) is 0 Å². The number of anilines is 2. The highest BCUT2D eigenvalue weighted by molar-refractivity contribution is 6.31. The predicted octanol–water partition coefficient (Wildman–Crippen LogP) is 4.51. The quantitative estimate of drug-likeness (QED) is 0.472. The monoisotopic (exact) mass is 396 g/mol. The van der Waals surface area contributed by atoms with Crippen LogP contribution in [0.3, 0.4) is 0 Å². The number of benzene rings is 3. The van der Waals surface area contributed by atoms with Crippen LogP contribution in [0.5, 0.6) is 11.5 Å². The Labute approximate surface area is 166 Å². The number of nitrogens with two attached hydrogens (primary N) is 1. The van der Waals surface area contributed by atoms with Crippen LogP contribution in [0.15, 0.2) is 72.8 Å². The second-order valence-electron chi connectivity index (χ2n) is 5.80. The molecule has 0 aliphatic rings. The van der Waals surface area contributed by atoms with E-state index in [4.69, 9.17) is 26.8 Å². The number of hydrogen-bond donors (Lipinski definition) is 2. The number of halogens is 1. The van der Waals surface area contributed by atoms with Crippen molar-refractivity contribution >= 4 is 34.9 Å². The number of amides is 1. The van der Waals surface area contributed by atoms with E-state index in [9.17, 15) is 9.59 Å². The molecule has 0 bridgehead atoms. The molecule has 0 aromatic heterocycles. The molecule has 0 spiro atoms. The van der Waals surface area contributed by atoms with Crippen molar-refractivity contribution in [2.45, 2.75) is 0 Å². The Morgan fingerprint density at radius 3 is 2.29 bits per heavy atom. The molecule has 1 amide bonds. The van der Waals surface area contributed by atoms with Gasteiger partial charge >= 0.3 is 5.97 Å². The fourth-order valence-corrected chi connectivity index (χ4v) is 2.54. The van der Waals surface area contributed by atoms with Crippen molar-refractivity contribution in [2.24, 2.45) is 0 Å². The van der Waals surface area contributed by atoms with Gasteiger partial charge in [-0.25, -0.2) is 4.79 Å². The molecule has 0 fully saturated rings. The second kappa shape index (κ2) is 8.92. The van der Waals surface area contributed by atoms with Gasteiger partial charge in [0, 0.05) is 16.4 Å². The van der Waals surface area contributed by atoms with Crippen molar-refractivity contribution in [3.63, 3.8) is 0 Å². The molecule has 7 heteroatoms. The number of esters is 1. The van der Waals surface area contributed by atoms with Crippen molar-refractivity contribution in [3.8, 4) is 11.5 Å². The molecule has 3 aromatic rings. The third-order valence-corrected chi connectivity index (χ3v) is 3.92. The SMILES string of the molecule is Nc1cc(Cl)ccc1C(=O)OCC(=O)Nc1ccc(Oc2ccccc2)cc1. The summed E-state index contributed by atoms with van der Waals surface area (Å²) in [5, 5.41) is 3.05. The first kappa shape index (κ1) is 19.3. The molecule has 28 heavy (non-hydrogen) atoms. The molecule has 0 saturated heterocycles. The molecule has 3 aromatic carbocycles. The molecule has 3 N–H and O–H groups in total. The van der Waals surface area contributed by atoms with E-state index in [2.05, 4.69) is 5.32 Å². The molecular weight excluding hydrogens is 380 g/mol. The summed E-state index contributed by atoms with van der Waals surface area (Å²) in [6.45, 7) is -0.441. The Morgan fingerprint density at radius 2 is 1.61 bits per heavy atom. The summed E-state index contributed by atoms with van der Waals surface area (Å²) in [5.41, 5.74) is 6.61. The van der Waals surface area contributed by atoms with E-state index >= 15 is 0 Å². The molecule has 0 radical (unpaired) electrons. The minimum atomic E-state index is -0.698. The van der Waals surface area contributed by atoms with Gasteiger partial charge in [0.15, 0.2) is 6.61 Å². The highest BCUT2D eigenvalue weighted by Crippen LogP contribution is 2.23. The first-order chi connectivity index (χ1) is 13.5. The highest BCUT2D eigenvalue weighted by atomic mass is 35.5. The van der Waals surface area contributed by atoms with Crippen LogP contribution in [0.4, 0.5) is 11.4 Å². The van der Waals surface area contributed by atoms with Gasteiger partial charge in [-0.3, -0.25) is 4.79 Å². The zero-order valence-electron chi connectivity index (χ0n) is 14.7. The third-order valence-electron chi connectivity index (χ3n) is 3.68. The summed E-state index contributed by atoms with van der Waals surface area (Å²) >= 11 is 5.79. The smallest absolute Gasteiger partial charge is 0.340 e. The number of carbonyl (C=O) groups is 2. The van der Waals surface area contributed by atoms with Gasteiger partial charge in [-0.2, -0.15) is 0 Å². The fraction of sp³-hybridized carbons (Fsp3) is 0.0476. The molecule has 142 valence electrons. The zero-order valence-corrected chi connectivity index (χ0v) is 15.5. The number of para-hydroxylation sites is 1. The molecule has 0 aliphatic carbocycles. The Kier molecular flexibility index (Phi) is 6.14. The lowest BCUT2D eigenvalue weighted by Gasteiger charge is -2.09. The van der Waals surface area contributed by atoms with Crippen LogP contribution in [-0.4, -0.2) is 18.5 Å². The molecule has 0 atom stereocenters. The predicted molar refractivity (Wildman–Crippen MR) is 108 cm³/mol. The number of nitrogens with one attached hydrogen (secondary N) is 1. The van der Waals surface area contributed by atoms with Gasteiger partial charge in [-0.1, -0.05) is 29.8 Å². The lowest BCUT2D eigenvalue weighted by molar-refractivity contribution is -0.119. The molecule has 0 saturated carbocycles. The molecule has 0 heterocycles. The standard InChI is InChI=1S/C21H17ClN2O4/c22-14-6-11-18(19(23)12-14)21(26)27-13-20(25)24-15-7-9-17(10-8-15)28-16-4-2-1-3-5-16/h1-12H,13,23H2,(H,24,25). The average Bonchev–Trinajstić information content (AvgIpc) is 2.68. The molecule has 0 unspecified atom stereocenters. The normalized spacial score (nSPS) is 10.2. The summed E-state index contributed by atoms with van der Waals surface area (Å²) in [4.78, 5) is 24.0. The van der Waals surface area contributed by atoms with Crippen LogP contribution in [0.1, 0.15) is 10.4 Å². The maximum Gasteiger partial charge on any atom is 0.340 e. The average molecular weight is 397 g/mol. The van der Waals surface area contributed by atoms with E-state index in [0.717, 1.165) is 0 Å². The van der Waals surface area contributed by atoms with Gasteiger partial charge < -0.3 is 20.5 Å². The second-order valence-corrected chi connectivity index (χ2v) is 6.23. The van der Waals surface area contributed by atoms with Crippen LogP contribution in [0.25, 0.3) is 0 Å². The van der Waals surface area contributed by atoms with Crippen LogP contribution >= 0.6 is 11.6 Å². The van der Waals surface area contributed by atoms with E-state index < -0.39 is 18.5 Å². The number of ether oxygens (including phenoxy) is 2. The summed E-state index contributed by atoms with van der Waals surface area (Å²) in [5.74, 6) is 0.176. The van der Waals surface area contributed by atoms with Gasteiger partial charge in [-0.05, 0) is 54.6 Å². The fourth-order valence-electron chi connectivity index (χ4n) is 2.36.